The molecule has 9 nitrogen and oxygen atoms in total. The summed E-state index contributed by atoms with van der Waals surface area (Å²) in [6.45, 7) is 3.92. The number of thioether (sulfide) groups is 1. The van der Waals surface area contributed by atoms with Gasteiger partial charge in [-0.05, 0) is 36.2 Å². The summed E-state index contributed by atoms with van der Waals surface area (Å²) in [4.78, 5) is 40.2. The van der Waals surface area contributed by atoms with Crippen LogP contribution in [0.15, 0.2) is 59.8 Å². The molecular formula is C22H23N5O4S. The number of aromatic amines is 1. The number of hydrogen-bond acceptors (Lipinski definition) is 6. The van der Waals surface area contributed by atoms with Crippen molar-refractivity contribution in [3.05, 3.63) is 71.5 Å². The molecular weight excluding hydrogens is 430 g/mol. The van der Waals surface area contributed by atoms with E-state index in [0.717, 1.165) is 11.8 Å². The fourth-order valence-electron chi connectivity index (χ4n) is 2.88. The third kappa shape index (κ3) is 6.17. The summed E-state index contributed by atoms with van der Waals surface area (Å²) in [5, 5.41) is 22.0. The fraction of sp³-hybridized carbons (Fsp3) is 0.227. The second-order valence-electron chi connectivity index (χ2n) is 7.29. The average molecular weight is 454 g/mol. The van der Waals surface area contributed by atoms with E-state index in [4.69, 9.17) is 5.11 Å². The quantitative estimate of drug-likeness (QED) is 0.365. The average Bonchev–Trinajstić information content (AvgIpc) is 3.25. The first-order valence-corrected chi connectivity index (χ1v) is 10.9. The Labute approximate surface area is 189 Å². The monoisotopic (exact) mass is 453 g/mol. The Morgan fingerprint density at radius 1 is 1.06 bits per heavy atom. The zero-order valence-corrected chi connectivity index (χ0v) is 18.3. The Morgan fingerprint density at radius 3 is 2.47 bits per heavy atom. The van der Waals surface area contributed by atoms with Crippen molar-refractivity contribution in [2.75, 3.05) is 11.1 Å². The predicted octanol–water partition coefficient (Wildman–Crippen LogP) is 3.36. The standard InChI is InChI=1S/C22H23N5O4S/c1-13(2)18(24-20(29)14-7-4-3-5-8-14)19-25-22(27-26-19)32-12-17(28)23-16-10-6-9-15(11-16)21(30)31/h3-11,13,18H,12H2,1-2H3,(H,23,28)(H,24,29)(H,30,31)(H,25,26,27). The van der Waals surface area contributed by atoms with E-state index in [1.807, 2.05) is 19.9 Å². The molecule has 0 aliphatic heterocycles. The van der Waals surface area contributed by atoms with Crippen LogP contribution in [0.25, 0.3) is 0 Å². The van der Waals surface area contributed by atoms with E-state index in [2.05, 4.69) is 25.8 Å². The Hall–Kier alpha value is -3.66. The number of nitrogens with one attached hydrogen (secondary N) is 3. The molecule has 0 saturated heterocycles. The molecule has 1 heterocycles. The lowest BCUT2D eigenvalue weighted by Gasteiger charge is -2.19. The zero-order valence-electron chi connectivity index (χ0n) is 17.5. The first-order valence-electron chi connectivity index (χ1n) is 9.87. The van der Waals surface area contributed by atoms with E-state index in [1.54, 1.807) is 36.4 Å². The van der Waals surface area contributed by atoms with Crippen LogP contribution in [-0.2, 0) is 4.79 Å². The fourth-order valence-corrected chi connectivity index (χ4v) is 3.49. The molecule has 3 aromatic rings. The molecule has 10 heteroatoms. The Morgan fingerprint density at radius 2 is 1.78 bits per heavy atom. The molecule has 0 bridgehead atoms. The number of carbonyl (C=O) groups is 3. The highest BCUT2D eigenvalue weighted by Crippen LogP contribution is 2.22. The van der Waals surface area contributed by atoms with Crippen molar-refractivity contribution in [2.45, 2.75) is 25.0 Å². The minimum absolute atomic E-state index is 0.0390. The molecule has 3 rings (SSSR count). The summed E-state index contributed by atoms with van der Waals surface area (Å²) in [5.41, 5.74) is 1.04. The molecule has 0 spiro atoms. The van der Waals surface area contributed by atoms with Crippen LogP contribution in [0, 0.1) is 5.92 Å². The van der Waals surface area contributed by atoms with Gasteiger partial charge in [0.2, 0.25) is 11.1 Å². The molecule has 1 aromatic heterocycles. The topological polar surface area (TPSA) is 137 Å². The van der Waals surface area contributed by atoms with Crippen molar-refractivity contribution in [1.29, 1.82) is 0 Å². The number of amides is 2. The van der Waals surface area contributed by atoms with Gasteiger partial charge in [-0.3, -0.25) is 14.7 Å². The Bertz CT molecular complexity index is 1100. The first-order chi connectivity index (χ1) is 15.3. The van der Waals surface area contributed by atoms with E-state index in [9.17, 15) is 14.4 Å². The van der Waals surface area contributed by atoms with E-state index in [-0.39, 0.29) is 35.1 Å². The van der Waals surface area contributed by atoms with Crippen molar-refractivity contribution in [1.82, 2.24) is 20.5 Å². The molecule has 0 saturated carbocycles. The number of hydrogen-bond donors (Lipinski definition) is 4. The number of carboxylic acids is 1. The van der Waals surface area contributed by atoms with Gasteiger partial charge in [0.25, 0.3) is 5.91 Å². The van der Waals surface area contributed by atoms with Crippen LogP contribution in [0.4, 0.5) is 5.69 Å². The lowest BCUT2D eigenvalue weighted by Crippen LogP contribution is -2.32. The van der Waals surface area contributed by atoms with Crippen molar-refractivity contribution in [2.24, 2.45) is 5.92 Å². The molecule has 0 fully saturated rings. The maximum atomic E-state index is 12.5. The normalized spacial score (nSPS) is 11.7. The van der Waals surface area contributed by atoms with Crippen LogP contribution >= 0.6 is 11.8 Å². The van der Waals surface area contributed by atoms with E-state index >= 15 is 0 Å². The highest BCUT2D eigenvalue weighted by molar-refractivity contribution is 7.99. The van der Waals surface area contributed by atoms with Crippen LogP contribution in [0.1, 0.15) is 46.4 Å². The van der Waals surface area contributed by atoms with Gasteiger partial charge in [0.15, 0.2) is 0 Å². The molecule has 1 atom stereocenters. The largest absolute Gasteiger partial charge is 0.478 e. The lowest BCUT2D eigenvalue weighted by molar-refractivity contribution is -0.113. The summed E-state index contributed by atoms with van der Waals surface area (Å²) in [6, 6.07) is 14.5. The number of aromatic nitrogens is 3. The van der Waals surface area contributed by atoms with Gasteiger partial charge < -0.3 is 15.7 Å². The van der Waals surface area contributed by atoms with Crippen molar-refractivity contribution >= 4 is 35.2 Å². The first kappa shape index (κ1) is 23.0. The van der Waals surface area contributed by atoms with Crippen molar-refractivity contribution < 1.29 is 19.5 Å². The van der Waals surface area contributed by atoms with Crippen LogP contribution in [0.5, 0.6) is 0 Å². The highest BCUT2D eigenvalue weighted by Gasteiger charge is 2.23. The van der Waals surface area contributed by atoms with Gasteiger partial charge in [-0.15, -0.1) is 5.10 Å². The Balaban J connectivity index is 1.59. The van der Waals surface area contributed by atoms with Crippen LogP contribution in [-0.4, -0.2) is 43.8 Å². The zero-order chi connectivity index (χ0) is 23.1. The number of anilines is 1. The van der Waals surface area contributed by atoms with Gasteiger partial charge in [0, 0.05) is 11.3 Å². The molecule has 166 valence electrons. The number of carbonyl (C=O) groups excluding carboxylic acids is 2. The third-order valence-corrected chi connectivity index (χ3v) is 5.34. The second-order valence-corrected chi connectivity index (χ2v) is 8.23. The highest BCUT2D eigenvalue weighted by atomic mass is 32.2. The number of H-pyrrole nitrogens is 1. The van der Waals surface area contributed by atoms with Gasteiger partial charge >= 0.3 is 5.97 Å². The summed E-state index contributed by atoms with van der Waals surface area (Å²) >= 11 is 1.13. The summed E-state index contributed by atoms with van der Waals surface area (Å²) < 4.78 is 0. The van der Waals surface area contributed by atoms with Crippen LogP contribution in [0.2, 0.25) is 0 Å². The molecule has 2 aromatic carbocycles. The molecule has 32 heavy (non-hydrogen) atoms. The number of benzene rings is 2. The van der Waals surface area contributed by atoms with Crippen LogP contribution < -0.4 is 10.6 Å². The number of aromatic carboxylic acids is 1. The summed E-state index contributed by atoms with van der Waals surface area (Å²) in [5.74, 6) is -1.00. The third-order valence-electron chi connectivity index (χ3n) is 4.49. The lowest BCUT2D eigenvalue weighted by atomic mass is 10.0. The van der Waals surface area contributed by atoms with E-state index < -0.39 is 5.97 Å². The summed E-state index contributed by atoms with van der Waals surface area (Å²) in [6.07, 6.45) is 0. The van der Waals surface area contributed by atoms with E-state index in [0.29, 0.717) is 22.2 Å². The number of nitrogens with zero attached hydrogens (tertiary/aromatic N) is 2. The molecule has 0 aliphatic carbocycles. The minimum atomic E-state index is -1.07. The van der Waals surface area contributed by atoms with Gasteiger partial charge in [-0.1, -0.05) is 49.9 Å². The molecule has 0 aliphatic rings. The van der Waals surface area contributed by atoms with Gasteiger partial charge in [-0.25, -0.2) is 9.78 Å². The number of rotatable bonds is 9. The summed E-state index contributed by atoms with van der Waals surface area (Å²) in [7, 11) is 0. The van der Waals surface area contributed by atoms with Crippen molar-refractivity contribution in [3.8, 4) is 0 Å². The SMILES string of the molecule is CC(C)C(NC(=O)c1ccccc1)c1nc(SCC(=O)Nc2cccc(C(=O)O)c2)n[nH]1. The van der Waals surface area contributed by atoms with Crippen molar-refractivity contribution in [3.63, 3.8) is 0 Å². The van der Waals surface area contributed by atoms with Gasteiger partial charge in [0.1, 0.15) is 5.82 Å². The molecule has 1 unspecified atom stereocenters. The van der Waals surface area contributed by atoms with E-state index in [1.165, 1.54) is 12.1 Å². The second kappa shape index (κ2) is 10.6. The molecule has 0 radical (unpaired) electrons. The minimum Gasteiger partial charge on any atom is -0.478 e. The van der Waals surface area contributed by atoms with Gasteiger partial charge in [0.05, 0.1) is 17.4 Å². The Kier molecular flexibility index (Phi) is 7.61. The van der Waals surface area contributed by atoms with Gasteiger partial charge in [-0.2, -0.15) is 0 Å². The van der Waals surface area contributed by atoms with Crippen LogP contribution in [0.3, 0.4) is 0 Å². The smallest absolute Gasteiger partial charge is 0.335 e. The number of carboxylic acid groups (broad SMARTS) is 1. The maximum absolute atomic E-state index is 12.5. The molecule has 4 N–H and O–H groups in total. The molecule has 2 amide bonds. The maximum Gasteiger partial charge on any atom is 0.335 e. The predicted molar refractivity (Wildman–Crippen MR) is 121 cm³/mol.